The minimum Gasteiger partial charge on any atom is -0.268 e. The van der Waals surface area contributed by atoms with Crippen LogP contribution in [-0.4, -0.2) is 23.0 Å². The van der Waals surface area contributed by atoms with Gasteiger partial charge in [0, 0.05) is 28.0 Å². The van der Waals surface area contributed by atoms with Crippen molar-refractivity contribution >= 4 is 45.7 Å². The van der Waals surface area contributed by atoms with Gasteiger partial charge < -0.3 is 0 Å². The van der Waals surface area contributed by atoms with Crippen LogP contribution in [0.2, 0.25) is 0 Å². The first kappa shape index (κ1) is 16.3. The number of anilines is 1. The molecule has 0 spiro atoms. The minimum absolute atomic E-state index is 0.166. The topological polar surface area (TPSA) is 80.5 Å². The molecule has 0 saturated carbocycles. The highest BCUT2D eigenvalue weighted by Crippen LogP contribution is 2.36. The fourth-order valence-corrected chi connectivity index (χ4v) is 3.63. The average Bonchev–Trinajstić information content (AvgIpc) is 2.65. The number of hydrogen-bond acceptors (Lipinski definition) is 5. The third kappa shape index (κ3) is 2.36. The van der Waals surface area contributed by atoms with Crippen LogP contribution in [0.5, 0.6) is 0 Å². The van der Waals surface area contributed by atoms with Gasteiger partial charge in [-0.2, -0.15) is 0 Å². The largest absolute Gasteiger partial charge is 0.270 e. The number of carbonyl (C=O) groups is 2. The van der Waals surface area contributed by atoms with Crippen molar-refractivity contribution in [3.63, 3.8) is 0 Å². The van der Waals surface area contributed by atoms with Gasteiger partial charge in [-0.3, -0.25) is 19.7 Å². The summed E-state index contributed by atoms with van der Waals surface area (Å²) in [6, 6.07) is 14.7. The number of carbonyl (C=O) groups excluding carboxylic acids is 2. The molecule has 0 fully saturated rings. The van der Waals surface area contributed by atoms with E-state index in [1.807, 2.05) is 12.3 Å². The Labute approximate surface area is 152 Å². The third-order valence-electron chi connectivity index (χ3n) is 4.35. The van der Waals surface area contributed by atoms with Gasteiger partial charge in [-0.05, 0) is 35.9 Å². The second kappa shape index (κ2) is 5.96. The number of nitrogens with zero attached hydrogens (tertiary/aromatic N) is 2. The number of non-ortho nitro benzene ring substituents is 1. The molecule has 128 valence electrons. The zero-order chi connectivity index (χ0) is 18.4. The Morgan fingerprint density at radius 3 is 2.42 bits per heavy atom. The number of hydrogen-bond donors (Lipinski definition) is 0. The van der Waals surface area contributed by atoms with E-state index in [1.54, 1.807) is 36.4 Å². The zero-order valence-corrected chi connectivity index (χ0v) is 14.4. The number of rotatable bonds is 3. The lowest BCUT2D eigenvalue weighted by Crippen LogP contribution is -2.40. The second-order valence-electron chi connectivity index (χ2n) is 5.80. The molecule has 3 aromatic carbocycles. The molecule has 1 aliphatic heterocycles. The third-order valence-corrected chi connectivity index (χ3v) is 5.08. The predicted octanol–water partition coefficient (Wildman–Crippen LogP) is 4.27. The van der Waals surface area contributed by atoms with Crippen molar-refractivity contribution in [2.45, 2.75) is 4.90 Å². The first-order valence-electron chi connectivity index (χ1n) is 7.75. The van der Waals surface area contributed by atoms with E-state index < -0.39 is 16.7 Å². The summed E-state index contributed by atoms with van der Waals surface area (Å²) in [5.41, 5.74) is 0.798. The monoisotopic (exact) mass is 364 g/mol. The molecule has 0 N–H and O–H groups in total. The summed E-state index contributed by atoms with van der Waals surface area (Å²) >= 11 is 1.50. The summed E-state index contributed by atoms with van der Waals surface area (Å²) in [5.74, 6) is -0.985. The molecule has 7 heteroatoms. The molecule has 1 aliphatic rings. The molecule has 0 atom stereocenters. The van der Waals surface area contributed by atoms with Crippen LogP contribution in [0, 0.1) is 10.1 Å². The van der Waals surface area contributed by atoms with Crippen molar-refractivity contribution in [3.05, 3.63) is 75.8 Å². The van der Waals surface area contributed by atoms with Crippen molar-refractivity contribution in [2.24, 2.45) is 0 Å². The molecule has 0 aliphatic carbocycles. The highest BCUT2D eigenvalue weighted by atomic mass is 32.2. The van der Waals surface area contributed by atoms with Crippen molar-refractivity contribution in [3.8, 4) is 0 Å². The summed E-state index contributed by atoms with van der Waals surface area (Å²) in [6.45, 7) is 0. The molecular weight excluding hydrogens is 352 g/mol. The molecule has 3 aromatic rings. The molecule has 2 amide bonds. The summed E-state index contributed by atoms with van der Waals surface area (Å²) < 4.78 is 0. The minimum atomic E-state index is -0.555. The van der Waals surface area contributed by atoms with Gasteiger partial charge in [0.2, 0.25) is 0 Å². The Hall–Kier alpha value is -3.19. The number of benzene rings is 3. The second-order valence-corrected chi connectivity index (χ2v) is 6.68. The van der Waals surface area contributed by atoms with Gasteiger partial charge in [-0.15, -0.1) is 11.8 Å². The maximum Gasteiger partial charge on any atom is 0.270 e. The van der Waals surface area contributed by atoms with Crippen molar-refractivity contribution < 1.29 is 14.5 Å². The maximum atomic E-state index is 13.1. The standard InChI is InChI=1S/C19H12N2O4S/c1-26-14-6-3-5-12(9-14)20-18(22)15-7-2-4-11-8-13(21(24)25)10-16(17(11)15)19(20)23/h2-10H,1H3. The van der Waals surface area contributed by atoms with Gasteiger partial charge >= 0.3 is 0 Å². The Morgan fingerprint density at radius 2 is 1.69 bits per heavy atom. The molecular formula is C19H12N2O4S. The van der Waals surface area contributed by atoms with Crippen molar-refractivity contribution in [1.82, 2.24) is 0 Å². The molecule has 0 saturated heterocycles. The lowest BCUT2D eigenvalue weighted by Gasteiger charge is -2.27. The highest BCUT2D eigenvalue weighted by Gasteiger charge is 2.35. The van der Waals surface area contributed by atoms with Crippen molar-refractivity contribution in [1.29, 1.82) is 0 Å². The zero-order valence-electron chi connectivity index (χ0n) is 13.6. The number of imide groups is 1. The molecule has 1 heterocycles. The molecule has 26 heavy (non-hydrogen) atoms. The Morgan fingerprint density at radius 1 is 0.962 bits per heavy atom. The Balaban J connectivity index is 1.98. The quantitative estimate of drug-likeness (QED) is 0.300. The maximum absolute atomic E-state index is 13.1. The summed E-state index contributed by atoms with van der Waals surface area (Å²) in [7, 11) is 0. The van der Waals surface area contributed by atoms with Gasteiger partial charge in [-0.1, -0.05) is 18.2 Å². The number of thioether (sulfide) groups is 1. The van der Waals surface area contributed by atoms with Gasteiger partial charge in [-0.25, -0.2) is 4.90 Å². The van der Waals surface area contributed by atoms with Crippen LogP contribution < -0.4 is 4.90 Å². The molecule has 0 radical (unpaired) electrons. The molecule has 4 rings (SSSR count). The fourth-order valence-electron chi connectivity index (χ4n) is 3.18. The van der Waals surface area contributed by atoms with E-state index in [9.17, 15) is 19.7 Å². The van der Waals surface area contributed by atoms with Crippen molar-refractivity contribution in [2.75, 3.05) is 11.2 Å². The number of amides is 2. The van der Waals surface area contributed by atoms with E-state index in [2.05, 4.69) is 0 Å². The smallest absolute Gasteiger partial charge is 0.268 e. The van der Waals surface area contributed by atoms with E-state index in [1.165, 1.54) is 23.9 Å². The van der Waals surface area contributed by atoms with E-state index in [-0.39, 0.29) is 11.3 Å². The first-order chi connectivity index (χ1) is 12.5. The first-order valence-corrected chi connectivity index (χ1v) is 8.98. The van der Waals surface area contributed by atoms with Crippen LogP contribution in [-0.2, 0) is 0 Å². The molecule has 0 aromatic heterocycles. The van der Waals surface area contributed by atoms with Crippen LogP contribution in [0.4, 0.5) is 11.4 Å². The van der Waals surface area contributed by atoms with Crippen LogP contribution >= 0.6 is 11.8 Å². The van der Waals surface area contributed by atoms with Gasteiger partial charge in [0.15, 0.2) is 0 Å². The van der Waals surface area contributed by atoms with Crippen LogP contribution in [0.15, 0.2) is 59.5 Å². The highest BCUT2D eigenvalue weighted by molar-refractivity contribution is 7.98. The normalized spacial score (nSPS) is 13.3. The lowest BCUT2D eigenvalue weighted by molar-refractivity contribution is -0.384. The SMILES string of the molecule is CSc1cccc(N2C(=O)c3cccc4cc([N+](=O)[O-])cc(c34)C2=O)c1. The summed E-state index contributed by atoms with van der Waals surface area (Å²) in [5, 5.41) is 12.2. The Kier molecular flexibility index (Phi) is 3.73. The molecule has 0 unspecified atom stereocenters. The fraction of sp³-hybridized carbons (Fsp3) is 0.0526. The van der Waals surface area contributed by atoms with E-state index in [0.29, 0.717) is 22.0 Å². The van der Waals surface area contributed by atoms with E-state index >= 15 is 0 Å². The van der Waals surface area contributed by atoms with E-state index in [4.69, 9.17) is 0 Å². The number of nitro benzene ring substituents is 1. The lowest BCUT2D eigenvalue weighted by atomic mass is 9.93. The van der Waals surface area contributed by atoms with Gasteiger partial charge in [0.1, 0.15) is 0 Å². The Bertz CT molecular complexity index is 1110. The molecule has 0 bridgehead atoms. The van der Waals surface area contributed by atoms with Crippen LogP contribution in [0.25, 0.3) is 10.8 Å². The summed E-state index contributed by atoms with van der Waals surface area (Å²) in [4.78, 5) is 38.7. The molecule has 6 nitrogen and oxygen atoms in total. The predicted molar refractivity (Wildman–Crippen MR) is 100.0 cm³/mol. The summed E-state index contributed by atoms with van der Waals surface area (Å²) in [6.07, 6.45) is 1.90. The number of nitro groups is 1. The van der Waals surface area contributed by atoms with Crippen LogP contribution in [0.1, 0.15) is 20.7 Å². The average molecular weight is 364 g/mol. The van der Waals surface area contributed by atoms with Gasteiger partial charge in [0.05, 0.1) is 16.2 Å². The van der Waals surface area contributed by atoms with Gasteiger partial charge in [0.25, 0.3) is 17.5 Å². The van der Waals surface area contributed by atoms with E-state index in [0.717, 1.165) is 9.80 Å². The van der Waals surface area contributed by atoms with Crippen LogP contribution in [0.3, 0.4) is 0 Å².